The van der Waals surface area contributed by atoms with Gasteiger partial charge in [-0.15, -0.1) is 0 Å². The smallest absolute Gasteiger partial charge is 0.140 e. The summed E-state index contributed by atoms with van der Waals surface area (Å²) in [6.45, 7) is 4.56. The molecule has 1 N–H and O–H groups in total. The van der Waals surface area contributed by atoms with Crippen LogP contribution in [0.15, 0.2) is 16.7 Å². The molecule has 0 spiro atoms. The molecule has 0 radical (unpaired) electrons. The molecule has 0 aliphatic carbocycles. The van der Waals surface area contributed by atoms with Crippen LogP contribution in [0.2, 0.25) is 0 Å². The van der Waals surface area contributed by atoms with Crippen LogP contribution in [0, 0.1) is 18.3 Å². The lowest BCUT2D eigenvalue weighted by atomic mass is 10.1. The van der Waals surface area contributed by atoms with E-state index >= 15 is 0 Å². The van der Waals surface area contributed by atoms with E-state index in [1.807, 2.05) is 12.3 Å². The number of hydrogen-bond acceptors (Lipinski definition) is 4. The van der Waals surface area contributed by atoms with Gasteiger partial charge in [0.25, 0.3) is 0 Å². The van der Waals surface area contributed by atoms with E-state index in [2.05, 4.69) is 44.1 Å². The van der Waals surface area contributed by atoms with Crippen LogP contribution in [0.5, 0.6) is 0 Å². The lowest BCUT2D eigenvalue weighted by Gasteiger charge is -2.31. The van der Waals surface area contributed by atoms with Crippen molar-refractivity contribution in [1.82, 2.24) is 9.88 Å². The molecule has 1 aliphatic rings. The Morgan fingerprint density at radius 1 is 1.56 bits per heavy atom. The van der Waals surface area contributed by atoms with E-state index in [4.69, 9.17) is 5.26 Å². The molecule has 2 heterocycles. The molecule has 0 saturated carbocycles. The molecule has 4 nitrogen and oxygen atoms in total. The van der Waals surface area contributed by atoms with Gasteiger partial charge in [-0.1, -0.05) is 0 Å². The highest BCUT2D eigenvalue weighted by molar-refractivity contribution is 9.10. The number of aromatic nitrogens is 1. The van der Waals surface area contributed by atoms with Crippen molar-refractivity contribution in [3.8, 4) is 6.07 Å². The van der Waals surface area contributed by atoms with E-state index in [1.54, 1.807) is 0 Å². The maximum atomic E-state index is 8.66. The Balaban J connectivity index is 1.92. The summed E-state index contributed by atoms with van der Waals surface area (Å²) in [6, 6.07) is 4.64. The molecular formula is C13H17BrN4. The average Bonchev–Trinajstić information content (AvgIpc) is 2.38. The van der Waals surface area contributed by atoms with Crippen LogP contribution in [0.1, 0.15) is 18.4 Å². The van der Waals surface area contributed by atoms with Gasteiger partial charge in [0.2, 0.25) is 0 Å². The van der Waals surface area contributed by atoms with Crippen LogP contribution in [-0.2, 0) is 0 Å². The normalized spacial score (nSPS) is 17.4. The SMILES string of the molecule is Cc1ccnc(NC2CCN(CC#N)CC2)c1Br. The van der Waals surface area contributed by atoms with Crippen molar-refractivity contribution in [1.29, 1.82) is 5.26 Å². The average molecular weight is 309 g/mol. The highest BCUT2D eigenvalue weighted by Gasteiger charge is 2.19. The lowest BCUT2D eigenvalue weighted by molar-refractivity contribution is 0.242. The topological polar surface area (TPSA) is 52.0 Å². The van der Waals surface area contributed by atoms with Crippen molar-refractivity contribution in [2.45, 2.75) is 25.8 Å². The highest BCUT2D eigenvalue weighted by atomic mass is 79.9. The molecule has 1 aliphatic heterocycles. The molecule has 1 aromatic heterocycles. The fourth-order valence-corrected chi connectivity index (χ4v) is 2.52. The van der Waals surface area contributed by atoms with Crippen molar-refractivity contribution in [2.75, 3.05) is 25.0 Å². The number of nitriles is 1. The van der Waals surface area contributed by atoms with E-state index in [9.17, 15) is 0 Å². The summed E-state index contributed by atoms with van der Waals surface area (Å²) in [5.41, 5.74) is 1.19. The Hall–Kier alpha value is -1.12. The molecule has 0 amide bonds. The van der Waals surface area contributed by atoms with Gasteiger partial charge < -0.3 is 5.32 Å². The number of rotatable bonds is 3. The summed E-state index contributed by atoms with van der Waals surface area (Å²) in [5, 5.41) is 12.1. The number of aryl methyl sites for hydroxylation is 1. The molecular weight excluding hydrogens is 292 g/mol. The van der Waals surface area contributed by atoms with Gasteiger partial charge in [0.1, 0.15) is 5.82 Å². The quantitative estimate of drug-likeness (QED) is 0.872. The molecule has 0 bridgehead atoms. The molecule has 18 heavy (non-hydrogen) atoms. The standard InChI is InChI=1S/C13H17BrN4/c1-10-2-6-16-13(12(10)14)17-11-3-7-18(8-4-11)9-5-15/h2,6,11H,3-4,7-9H2,1H3,(H,16,17). The molecule has 0 aromatic carbocycles. The first-order chi connectivity index (χ1) is 8.70. The number of nitrogens with zero attached hydrogens (tertiary/aromatic N) is 3. The molecule has 1 aromatic rings. The van der Waals surface area contributed by atoms with Crippen LogP contribution in [0.3, 0.4) is 0 Å². The van der Waals surface area contributed by atoms with Gasteiger partial charge in [0.05, 0.1) is 17.1 Å². The molecule has 5 heteroatoms. The maximum absolute atomic E-state index is 8.66. The Morgan fingerprint density at radius 2 is 2.28 bits per heavy atom. The summed E-state index contributed by atoms with van der Waals surface area (Å²) in [4.78, 5) is 6.56. The van der Waals surface area contributed by atoms with Gasteiger partial charge in [-0.2, -0.15) is 5.26 Å². The van der Waals surface area contributed by atoms with Crippen molar-refractivity contribution in [3.05, 3.63) is 22.3 Å². The van der Waals surface area contributed by atoms with Crippen molar-refractivity contribution >= 4 is 21.7 Å². The van der Waals surface area contributed by atoms with Crippen LogP contribution in [-0.4, -0.2) is 35.6 Å². The number of hydrogen-bond donors (Lipinski definition) is 1. The van der Waals surface area contributed by atoms with E-state index in [1.165, 1.54) is 5.56 Å². The minimum absolute atomic E-state index is 0.450. The summed E-state index contributed by atoms with van der Waals surface area (Å²) < 4.78 is 1.05. The predicted molar refractivity (Wildman–Crippen MR) is 75.4 cm³/mol. The molecule has 1 saturated heterocycles. The number of anilines is 1. The molecule has 96 valence electrons. The van der Waals surface area contributed by atoms with Crippen molar-refractivity contribution < 1.29 is 0 Å². The predicted octanol–water partition coefficient (Wildman–Crippen LogP) is 2.55. The summed E-state index contributed by atoms with van der Waals surface area (Å²) in [6.07, 6.45) is 3.95. The van der Waals surface area contributed by atoms with Crippen LogP contribution < -0.4 is 5.32 Å². The Morgan fingerprint density at radius 3 is 2.94 bits per heavy atom. The number of pyridine rings is 1. The van der Waals surface area contributed by atoms with Gasteiger partial charge in [0, 0.05) is 25.3 Å². The maximum Gasteiger partial charge on any atom is 0.140 e. The van der Waals surface area contributed by atoms with Crippen LogP contribution >= 0.6 is 15.9 Å². The van der Waals surface area contributed by atoms with Crippen molar-refractivity contribution in [2.24, 2.45) is 0 Å². The van der Waals surface area contributed by atoms with Crippen LogP contribution in [0.25, 0.3) is 0 Å². The third kappa shape index (κ3) is 3.21. The minimum atomic E-state index is 0.450. The first-order valence-corrected chi connectivity index (χ1v) is 6.97. The van der Waals surface area contributed by atoms with E-state index < -0.39 is 0 Å². The zero-order valence-corrected chi connectivity index (χ0v) is 12.1. The first kappa shape index (κ1) is 13.3. The number of likely N-dealkylation sites (tertiary alicyclic amines) is 1. The van der Waals surface area contributed by atoms with Gasteiger partial charge in [-0.25, -0.2) is 4.98 Å². The number of piperidine rings is 1. The summed E-state index contributed by atoms with van der Waals surface area (Å²) >= 11 is 3.57. The Labute approximate surface area is 116 Å². The third-order valence-electron chi connectivity index (χ3n) is 3.31. The molecule has 1 fully saturated rings. The summed E-state index contributed by atoms with van der Waals surface area (Å²) in [5.74, 6) is 0.925. The largest absolute Gasteiger partial charge is 0.366 e. The second-order valence-corrected chi connectivity index (χ2v) is 5.44. The molecule has 2 rings (SSSR count). The fourth-order valence-electron chi connectivity index (χ4n) is 2.17. The van der Waals surface area contributed by atoms with E-state index in [0.29, 0.717) is 12.6 Å². The first-order valence-electron chi connectivity index (χ1n) is 6.17. The highest BCUT2D eigenvalue weighted by Crippen LogP contribution is 2.25. The number of halogens is 1. The molecule has 0 unspecified atom stereocenters. The van der Waals surface area contributed by atoms with Gasteiger partial charge in [0.15, 0.2) is 0 Å². The van der Waals surface area contributed by atoms with Crippen molar-refractivity contribution in [3.63, 3.8) is 0 Å². The minimum Gasteiger partial charge on any atom is -0.366 e. The zero-order chi connectivity index (χ0) is 13.0. The van der Waals surface area contributed by atoms with Gasteiger partial charge in [-0.05, 0) is 47.3 Å². The monoisotopic (exact) mass is 308 g/mol. The summed E-state index contributed by atoms with van der Waals surface area (Å²) in [7, 11) is 0. The fraction of sp³-hybridized carbons (Fsp3) is 0.538. The van der Waals surface area contributed by atoms with Gasteiger partial charge in [-0.3, -0.25) is 4.90 Å². The lowest BCUT2D eigenvalue weighted by Crippen LogP contribution is -2.39. The van der Waals surface area contributed by atoms with E-state index in [-0.39, 0.29) is 0 Å². The van der Waals surface area contributed by atoms with Crippen LogP contribution in [0.4, 0.5) is 5.82 Å². The third-order valence-corrected chi connectivity index (χ3v) is 4.31. The second-order valence-electron chi connectivity index (χ2n) is 4.64. The zero-order valence-electron chi connectivity index (χ0n) is 10.5. The number of nitrogens with one attached hydrogen (secondary N) is 1. The second kappa shape index (κ2) is 6.17. The van der Waals surface area contributed by atoms with Gasteiger partial charge >= 0.3 is 0 Å². The molecule has 0 atom stereocenters. The van der Waals surface area contributed by atoms with E-state index in [0.717, 1.165) is 36.2 Å². The Kier molecular flexibility index (Phi) is 4.56. The Bertz CT molecular complexity index is 447.